The molecule has 0 unspecified atom stereocenters. The van der Waals surface area contributed by atoms with Gasteiger partial charge in [-0.3, -0.25) is 4.79 Å². The number of aromatic amines is 1. The van der Waals surface area contributed by atoms with E-state index in [-0.39, 0.29) is 5.43 Å². The van der Waals surface area contributed by atoms with Gasteiger partial charge in [0.15, 0.2) is 16.9 Å². The number of hydrogen-bond donors (Lipinski definition) is 1. The van der Waals surface area contributed by atoms with Crippen molar-refractivity contribution in [3.63, 3.8) is 0 Å². The Morgan fingerprint density at radius 2 is 1.87 bits per heavy atom. The van der Waals surface area contributed by atoms with E-state index in [2.05, 4.69) is 15.1 Å². The molecule has 0 amide bonds. The highest BCUT2D eigenvalue weighted by Gasteiger charge is 2.32. The predicted molar refractivity (Wildman–Crippen MR) is 110 cm³/mol. The zero-order valence-electron chi connectivity index (χ0n) is 15.5. The number of alkyl halides is 3. The summed E-state index contributed by atoms with van der Waals surface area (Å²) in [6, 6.07) is 13.1. The van der Waals surface area contributed by atoms with Crippen LogP contribution in [0.25, 0.3) is 38.5 Å². The van der Waals surface area contributed by atoms with Crippen molar-refractivity contribution in [3.8, 4) is 22.0 Å². The number of pyridine rings is 2. The maximum Gasteiger partial charge on any atom is 0.425 e. The lowest BCUT2D eigenvalue weighted by Crippen LogP contribution is -2.09. The molecule has 1 N–H and O–H groups in total. The van der Waals surface area contributed by atoms with Crippen LogP contribution in [0, 0.1) is 6.92 Å². The molecule has 1 aromatic carbocycles. The highest BCUT2D eigenvalue weighted by molar-refractivity contribution is 7.15. The third-order valence-corrected chi connectivity index (χ3v) is 6.05. The third-order valence-electron chi connectivity index (χ3n) is 4.87. The van der Waals surface area contributed by atoms with Crippen LogP contribution in [-0.2, 0) is 6.18 Å². The Bertz CT molecular complexity index is 1480. The molecule has 0 saturated carbocycles. The Morgan fingerprint density at radius 1 is 1.07 bits per heavy atom. The summed E-state index contributed by atoms with van der Waals surface area (Å²) in [6.45, 7) is 1.71. The van der Waals surface area contributed by atoms with Gasteiger partial charge in [-0.05, 0) is 43.3 Å². The van der Waals surface area contributed by atoms with E-state index in [4.69, 9.17) is 0 Å². The van der Waals surface area contributed by atoms with Crippen LogP contribution in [0.15, 0.2) is 59.5 Å². The second kappa shape index (κ2) is 6.53. The molecule has 5 rings (SSSR count). The van der Waals surface area contributed by atoms with Gasteiger partial charge in [0.2, 0.25) is 0 Å². The number of thiophene rings is 1. The zero-order valence-corrected chi connectivity index (χ0v) is 16.3. The second-order valence-corrected chi connectivity index (χ2v) is 7.90. The molecule has 0 aliphatic carbocycles. The van der Waals surface area contributed by atoms with Gasteiger partial charge >= 0.3 is 6.18 Å². The van der Waals surface area contributed by atoms with Gasteiger partial charge in [-0.25, -0.2) is 9.50 Å². The largest absolute Gasteiger partial charge is 0.425 e. The van der Waals surface area contributed by atoms with Crippen LogP contribution in [0.1, 0.15) is 10.4 Å². The molecule has 9 heteroatoms. The summed E-state index contributed by atoms with van der Waals surface area (Å²) in [4.78, 5) is 20.2. The number of nitrogens with one attached hydrogen (secondary N) is 1. The van der Waals surface area contributed by atoms with Gasteiger partial charge in [0.25, 0.3) is 0 Å². The van der Waals surface area contributed by atoms with Crippen molar-refractivity contribution in [2.75, 3.05) is 0 Å². The van der Waals surface area contributed by atoms with E-state index in [1.165, 1.54) is 10.6 Å². The smallest absolute Gasteiger partial charge is 0.351 e. The molecule has 30 heavy (non-hydrogen) atoms. The number of para-hydroxylation sites is 1. The van der Waals surface area contributed by atoms with Gasteiger partial charge in [0, 0.05) is 33.1 Å². The fourth-order valence-electron chi connectivity index (χ4n) is 3.34. The predicted octanol–water partition coefficient (Wildman–Crippen LogP) is 5.29. The fraction of sp³-hybridized carbons (Fsp3) is 0.0952. The summed E-state index contributed by atoms with van der Waals surface area (Å²) in [5.74, 6) is 0.342. The quantitative estimate of drug-likeness (QED) is 0.417. The first-order valence-corrected chi connectivity index (χ1v) is 9.79. The number of benzene rings is 1. The van der Waals surface area contributed by atoms with E-state index >= 15 is 0 Å². The minimum absolute atomic E-state index is 0.0999. The first kappa shape index (κ1) is 18.6. The highest BCUT2D eigenvalue weighted by Crippen LogP contribution is 2.38. The summed E-state index contributed by atoms with van der Waals surface area (Å²) >= 11 is 0.676. The Balaban J connectivity index is 1.61. The molecule has 0 aliphatic rings. The molecule has 150 valence electrons. The molecule has 0 radical (unpaired) electrons. The van der Waals surface area contributed by atoms with Crippen LogP contribution in [0.4, 0.5) is 13.2 Å². The highest BCUT2D eigenvalue weighted by atomic mass is 32.1. The van der Waals surface area contributed by atoms with Crippen molar-refractivity contribution in [1.29, 1.82) is 0 Å². The topological polar surface area (TPSA) is 63.1 Å². The average molecular weight is 426 g/mol. The lowest BCUT2D eigenvalue weighted by molar-refractivity contribution is -0.134. The van der Waals surface area contributed by atoms with Crippen molar-refractivity contribution in [2.45, 2.75) is 13.1 Å². The lowest BCUT2D eigenvalue weighted by Gasteiger charge is -2.04. The Labute approximate surface area is 171 Å². The maximum absolute atomic E-state index is 12.9. The summed E-state index contributed by atoms with van der Waals surface area (Å²) in [7, 11) is 0. The van der Waals surface area contributed by atoms with Crippen LogP contribution in [0.2, 0.25) is 0 Å². The number of hydrogen-bond acceptors (Lipinski definition) is 4. The molecule has 0 saturated heterocycles. The molecule has 0 fully saturated rings. The van der Waals surface area contributed by atoms with Crippen LogP contribution in [0.5, 0.6) is 0 Å². The number of nitrogens with zero attached hydrogens (tertiary/aromatic N) is 3. The van der Waals surface area contributed by atoms with Gasteiger partial charge in [0.1, 0.15) is 4.88 Å². The molecule has 0 spiro atoms. The Hall–Kier alpha value is -3.46. The summed E-state index contributed by atoms with van der Waals surface area (Å²) < 4.78 is 40.2. The number of rotatable bonds is 2. The minimum Gasteiger partial charge on any atom is -0.351 e. The van der Waals surface area contributed by atoms with Crippen molar-refractivity contribution < 1.29 is 13.2 Å². The van der Waals surface area contributed by atoms with E-state index in [1.54, 1.807) is 37.4 Å². The van der Waals surface area contributed by atoms with Gasteiger partial charge < -0.3 is 4.98 Å². The summed E-state index contributed by atoms with van der Waals surface area (Å²) in [6.07, 6.45) is -2.74. The molecule has 0 aliphatic heterocycles. The maximum atomic E-state index is 12.9. The number of fused-ring (bicyclic) bond motifs is 2. The van der Waals surface area contributed by atoms with E-state index in [0.29, 0.717) is 55.4 Å². The fourth-order valence-corrected chi connectivity index (χ4v) is 4.20. The third kappa shape index (κ3) is 2.98. The van der Waals surface area contributed by atoms with Gasteiger partial charge in [-0.1, -0.05) is 12.1 Å². The first-order chi connectivity index (χ1) is 14.3. The first-order valence-electron chi connectivity index (χ1n) is 8.97. The monoisotopic (exact) mass is 426 g/mol. The van der Waals surface area contributed by atoms with E-state index in [9.17, 15) is 18.0 Å². The van der Waals surface area contributed by atoms with Crippen LogP contribution >= 0.6 is 11.3 Å². The molecule has 5 aromatic rings. The normalized spacial score (nSPS) is 12.1. The number of halogens is 3. The zero-order chi connectivity index (χ0) is 21.0. The molecule has 0 atom stereocenters. The molecule has 0 bridgehead atoms. The van der Waals surface area contributed by atoms with Gasteiger partial charge in [-0.2, -0.15) is 13.2 Å². The van der Waals surface area contributed by atoms with Crippen LogP contribution in [-0.4, -0.2) is 19.6 Å². The number of aromatic nitrogens is 4. The minimum atomic E-state index is -4.37. The number of H-pyrrole nitrogens is 1. The van der Waals surface area contributed by atoms with Gasteiger partial charge in [0.05, 0.1) is 5.69 Å². The van der Waals surface area contributed by atoms with Crippen molar-refractivity contribution in [2.24, 2.45) is 0 Å². The molecule has 4 aromatic heterocycles. The van der Waals surface area contributed by atoms with E-state index in [1.807, 2.05) is 12.1 Å². The summed E-state index contributed by atoms with van der Waals surface area (Å²) in [5, 5.41) is 5.04. The SMILES string of the molecule is Cc1c(-c2nc3ccc(-c4ccc(C(F)(F)F)s4)cn3n2)[nH]c2ccccc2c1=O. The van der Waals surface area contributed by atoms with Crippen molar-refractivity contribution in [3.05, 3.63) is 75.4 Å². The molecular weight excluding hydrogens is 413 g/mol. The van der Waals surface area contributed by atoms with E-state index in [0.717, 1.165) is 6.07 Å². The standard InChI is InChI=1S/C21H13F3N4OS/c1-11-18(25-14-5-3-2-4-13(14)19(11)29)20-26-17-9-6-12(10-28(17)27-20)15-7-8-16(30-15)21(22,23)24/h2-10H,1H3,(H,25,29). The average Bonchev–Trinajstić information content (AvgIpc) is 3.37. The molecular formula is C21H13F3N4OS. The summed E-state index contributed by atoms with van der Waals surface area (Å²) in [5.41, 5.74) is 2.72. The van der Waals surface area contributed by atoms with Crippen molar-refractivity contribution >= 4 is 27.9 Å². The molecule has 4 heterocycles. The lowest BCUT2D eigenvalue weighted by atomic mass is 10.1. The molecule has 5 nitrogen and oxygen atoms in total. The Kier molecular flexibility index (Phi) is 4.04. The van der Waals surface area contributed by atoms with Crippen LogP contribution in [0.3, 0.4) is 0 Å². The van der Waals surface area contributed by atoms with Crippen LogP contribution < -0.4 is 5.43 Å². The van der Waals surface area contributed by atoms with Gasteiger partial charge in [-0.15, -0.1) is 16.4 Å². The Morgan fingerprint density at radius 3 is 2.63 bits per heavy atom. The van der Waals surface area contributed by atoms with E-state index < -0.39 is 11.1 Å². The second-order valence-electron chi connectivity index (χ2n) is 6.82. The van der Waals surface area contributed by atoms with Crippen molar-refractivity contribution in [1.82, 2.24) is 19.6 Å².